The summed E-state index contributed by atoms with van der Waals surface area (Å²) in [6.07, 6.45) is 2.00. The van der Waals surface area contributed by atoms with Crippen molar-refractivity contribution in [3.63, 3.8) is 0 Å². The summed E-state index contributed by atoms with van der Waals surface area (Å²) in [5.41, 5.74) is 0.497. The molecule has 1 aromatic rings. The number of ether oxygens (including phenoxy) is 1. The highest BCUT2D eigenvalue weighted by atomic mass is 32.2. The van der Waals surface area contributed by atoms with Gasteiger partial charge in [0, 0.05) is 31.6 Å². The van der Waals surface area contributed by atoms with E-state index in [2.05, 4.69) is 29.0 Å². The standard InChI is InChI=1S/C13H21N3O2S2/c1-8(2)16-5-9(11(6-16)18-3)14-12(17)10-7-20-13(15-10)19-4/h7-9,11H,5-6H2,1-4H3,(H,14,17)/t9-,11-/m1/s1. The van der Waals surface area contributed by atoms with E-state index in [9.17, 15) is 4.79 Å². The van der Waals surface area contributed by atoms with Crippen LogP contribution in [-0.4, -0.2) is 60.4 Å². The molecular formula is C13H21N3O2S2. The zero-order valence-corrected chi connectivity index (χ0v) is 13.9. The number of rotatable bonds is 5. The minimum Gasteiger partial charge on any atom is -0.378 e. The van der Waals surface area contributed by atoms with E-state index in [1.165, 1.54) is 11.3 Å². The van der Waals surface area contributed by atoms with E-state index in [0.717, 1.165) is 17.4 Å². The average Bonchev–Trinajstić information content (AvgIpc) is 3.04. The van der Waals surface area contributed by atoms with Crippen molar-refractivity contribution >= 4 is 29.0 Å². The van der Waals surface area contributed by atoms with Crippen molar-refractivity contribution in [2.75, 3.05) is 26.5 Å². The molecule has 7 heteroatoms. The number of aromatic nitrogens is 1. The molecule has 0 spiro atoms. The van der Waals surface area contributed by atoms with Crippen LogP contribution in [0.4, 0.5) is 0 Å². The fraction of sp³-hybridized carbons (Fsp3) is 0.692. The maximum Gasteiger partial charge on any atom is 0.271 e. The van der Waals surface area contributed by atoms with Gasteiger partial charge in [0.05, 0.1) is 12.1 Å². The second-order valence-corrected chi connectivity index (χ2v) is 7.02. The van der Waals surface area contributed by atoms with Gasteiger partial charge in [-0.05, 0) is 20.1 Å². The molecule has 0 bridgehead atoms. The molecule has 1 amide bonds. The molecule has 112 valence electrons. The summed E-state index contributed by atoms with van der Waals surface area (Å²) in [7, 11) is 1.70. The first-order valence-electron chi connectivity index (χ1n) is 6.62. The lowest BCUT2D eigenvalue weighted by atomic mass is 10.2. The van der Waals surface area contributed by atoms with Crippen LogP contribution in [0.2, 0.25) is 0 Å². The lowest BCUT2D eigenvalue weighted by molar-refractivity contribution is 0.0750. The Hall–Kier alpha value is -0.630. The van der Waals surface area contributed by atoms with E-state index in [0.29, 0.717) is 11.7 Å². The Labute approximate surface area is 128 Å². The van der Waals surface area contributed by atoms with E-state index in [1.54, 1.807) is 24.3 Å². The summed E-state index contributed by atoms with van der Waals surface area (Å²) < 4.78 is 6.40. The van der Waals surface area contributed by atoms with Gasteiger partial charge in [-0.15, -0.1) is 11.3 Å². The molecule has 1 aromatic heterocycles. The first kappa shape index (κ1) is 15.8. The topological polar surface area (TPSA) is 54.5 Å². The molecule has 0 saturated carbocycles. The molecule has 1 aliphatic heterocycles. The summed E-state index contributed by atoms with van der Waals surface area (Å²) in [6.45, 7) is 5.98. The van der Waals surface area contributed by atoms with E-state index in [4.69, 9.17) is 4.74 Å². The number of carbonyl (C=O) groups excluding carboxylic acids is 1. The van der Waals surface area contributed by atoms with Gasteiger partial charge in [-0.1, -0.05) is 11.8 Å². The van der Waals surface area contributed by atoms with Gasteiger partial charge in [-0.2, -0.15) is 0 Å². The van der Waals surface area contributed by atoms with Gasteiger partial charge in [0.2, 0.25) is 0 Å². The van der Waals surface area contributed by atoms with Crippen LogP contribution >= 0.6 is 23.1 Å². The van der Waals surface area contributed by atoms with Crippen LogP contribution in [-0.2, 0) is 4.74 Å². The number of amides is 1. The van der Waals surface area contributed by atoms with E-state index < -0.39 is 0 Å². The monoisotopic (exact) mass is 315 g/mol. The first-order valence-corrected chi connectivity index (χ1v) is 8.72. The maximum atomic E-state index is 12.2. The second kappa shape index (κ2) is 6.89. The van der Waals surface area contributed by atoms with Gasteiger partial charge in [0.1, 0.15) is 10.0 Å². The van der Waals surface area contributed by atoms with Gasteiger partial charge in [-0.25, -0.2) is 4.98 Å². The van der Waals surface area contributed by atoms with Crippen LogP contribution in [0.1, 0.15) is 24.3 Å². The van der Waals surface area contributed by atoms with Crippen LogP contribution in [0, 0.1) is 0 Å². The van der Waals surface area contributed by atoms with Crippen LogP contribution in [0.25, 0.3) is 0 Å². The molecular weight excluding hydrogens is 294 g/mol. The smallest absolute Gasteiger partial charge is 0.271 e. The third-order valence-corrected chi connectivity index (χ3v) is 5.40. The summed E-state index contributed by atoms with van der Waals surface area (Å²) in [5, 5.41) is 4.85. The summed E-state index contributed by atoms with van der Waals surface area (Å²) in [4.78, 5) is 18.8. The third-order valence-electron chi connectivity index (χ3n) is 3.53. The first-order chi connectivity index (χ1) is 9.55. The number of likely N-dealkylation sites (tertiary alicyclic amines) is 1. The van der Waals surface area contributed by atoms with Gasteiger partial charge < -0.3 is 10.1 Å². The van der Waals surface area contributed by atoms with Crippen molar-refractivity contribution in [2.45, 2.75) is 36.4 Å². The van der Waals surface area contributed by atoms with Gasteiger partial charge in [0.25, 0.3) is 5.91 Å². The molecule has 0 aromatic carbocycles. The van der Waals surface area contributed by atoms with Crippen LogP contribution in [0.3, 0.4) is 0 Å². The maximum absolute atomic E-state index is 12.2. The van der Waals surface area contributed by atoms with E-state index in [-0.39, 0.29) is 18.1 Å². The average molecular weight is 315 g/mol. The predicted octanol–water partition coefficient (Wildman–Crippen LogP) is 1.70. The van der Waals surface area contributed by atoms with Gasteiger partial charge in [0.15, 0.2) is 0 Å². The predicted molar refractivity (Wildman–Crippen MR) is 82.7 cm³/mol. The van der Waals surface area contributed by atoms with Crippen molar-refractivity contribution in [1.29, 1.82) is 0 Å². The van der Waals surface area contributed by atoms with Gasteiger partial charge in [-0.3, -0.25) is 9.69 Å². The number of methoxy groups -OCH3 is 1. The van der Waals surface area contributed by atoms with E-state index in [1.807, 2.05) is 6.26 Å². The van der Waals surface area contributed by atoms with Crippen LogP contribution in [0.15, 0.2) is 9.72 Å². The van der Waals surface area contributed by atoms with E-state index >= 15 is 0 Å². The molecule has 1 saturated heterocycles. The molecule has 2 atom stereocenters. The number of hydrogen-bond donors (Lipinski definition) is 1. The van der Waals surface area contributed by atoms with Crippen molar-refractivity contribution in [3.8, 4) is 0 Å². The zero-order chi connectivity index (χ0) is 14.7. The fourth-order valence-corrected chi connectivity index (χ4v) is 3.54. The molecule has 0 unspecified atom stereocenters. The molecule has 2 rings (SSSR count). The second-order valence-electron chi connectivity index (χ2n) is 5.10. The molecule has 20 heavy (non-hydrogen) atoms. The number of thioether (sulfide) groups is 1. The van der Waals surface area contributed by atoms with Gasteiger partial charge >= 0.3 is 0 Å². The number of nitrogens with one attached hydrogen (secondary N) is 1. The SMILES string of the molecule is CO[C@@H]1CN(C(C)C)C[C@H]1NC(=O)c1csc(SC)n1. The summed E-state index contributed by atoms with van der Waals surface area (Å²) in [5.74, 6) is -0.112. The largest absolute Gasteiger partial charge is 0.378 e. The molecule has 0 aliphatic carbocycles. The van der Waals surface area contributed by atoms with Crippen molar-refractivity contribution in [2.24, 2.45) is 0 Å². The minimum absolute atomic E-state index is 0.0225. The van der Waals surface area contributed by atoms with Crippen LogP contribution in [0.5, 0.6) is 0 Å². The third kappa shape index (κ3) is 3.52. The highest BCUT2D eigenvalue weighted by Crippen LogP contribution is 2.20. The normalized spacial score (nSPS) is 23.4. The Morgan fingerprint density at radius 3 is 2.90 bits per heavy atom. The minimum atomic E-state index is -0.112. The highest BCUT2D eigenvalue weighted by Gasteiger charge is 2.35. The number of hydrogen-bond acceptors (Lipinski definition) is 6. The molecule has 2 heterocycles. The lowest BCUT2D eigenvalue weighted by Gasteiger charge is -2.19. The zero-order valence-electron chi connectivity index (χ0n) is 12.3. The number of carbonyl (C=O) groups is 1. The fourth-order valence-electron chi connectivity index (χ4n) is 2.30. The summed E-state index contributed by atoms with van der Waals surface area (Å²) in [6, 6.07) is 0.478. The van der Waals surface area contributed by atoms with Crippen molar-refractivity contribution in [3.05, 3.63) is 11.1 Å². The Bertz CT molecular complexity index is 464. The Morgan fingerprint density at radius 2 is 2.35 bits per heavy atom. The molecule has 1 fully saturated rings. The van der Waals surface area contributed by atoms with Crippen molar-refractivity contribution in [1.82, 2.24) is 15.2 Å². The Kier molecular flexibility index (Phi) is 5.42. The molecule has 5 nitrogen and oxygen atoms in total. The quantitative estimate of drug-likeness (QED) is 0.838. The Morgan fingerprint density at radius 1 is 1.60 bits per heavy atom. The molecule has 1 aliphatic rings. The highest BCUT2D eigenvalue weighted by molar-refractivity contribution is 8.00. The van der Waals surface area contributed by atoms with Crippen LogP contribution < -0.4 is 5.32 Å². The van der Waals surface area contributed by atoms with Crippen molar-refractivity contribution < 1.29 is 9.53 Å². The lowest BCUT2D eigenvalue weighted by Crippen LogP contribution is -2.43. The molecule has 1 N–H and O–H groups in total. The number of thiazole rings is 1. The molecule has 0 radical (unpaired) electrons. The number of nitrogens with zero attached hydrogens (tertiary/aromatic N) is 2. The Balaban J connectivity index is 1.99. The summed E-state index contributed by atoms with van der Waals surface area (Å²) >= 11 is 3.05.